The molecule has 0 radical (unpaired) electrons. The first-order valence-corrected chi connectivity index (χ1v) is 17.8. The van der Waals surface area contributed by atoms with Crippen molar-refractivity contribution in [3.05, 3.63) is 0 Å². The maximum absolute atomic E-state index is 5.41. The van der Waals surface area contributed by atoms with Gasteiger partial charge in [0.25, 0.3) is 0 Å². The first-order valence-electron chi connectivity index (χ1n) is 4.55. The van der Waals surface area contributed by atoms with Crippen LogP contribution in [0.3, 0.4) is 0 Å². The van der Waals surface area contributed by atoms with Gasteiger partial charge in [-0.05, 0) is 0 Å². The molecule has 0 bridgehead atoms. The number of nitrogens with zero attached hydrogens (tertiary/aromatic N) is 1. The number of hydrogen-bond donors (Lipinski definition) is 0. The van der Waals surface area contributed by atoms with Gasteiger partial charge < -0.3 is 0 Å². The van der Waals surface area contributed by atoms with Crippen molar-refractivity contribution in [2.45, 2.75) is 14.8 Å². The second-order valence-electron chi connectivity index (χ2n) is 4.08. The van der Waals surface area contributed by atoms with Crippen LogP contribution in [0.2, 0.25) is 14.8 Å². The van der Waals surface area contributed by atoms with Gasteiger partial charge in [0.2, 0.25) is 0 Å². The predicted molar refractivity (Wildman–Crippen MR) is 65.9 cm³/mol. The predicted octanol–water partition coefficient (Wildman–Crippen LogP) is 2.17. The summed E-state index contributed by atoms with van der Waals surface area (Å²) in [6.07, 6.45) is 0. The van der Waals surface area contributed by atoms with Crippen LogP contribution in [0.4, 0.5) is 0 Å². The number of hydrogen-bond acceptors (Lipinski definition) is 3. The second kappa shape index (κ2) is 5.18. The molecule has 2 nitrogen and oxygen atoms in total. The van der Waals surface area contributed by atoms with Gasteiger partial charge in [0.05, 0.1) is 0 Å². The first-order chi connectivity index (χ1) is 5.99. The minimum absolute atomic E-state index is 0.834. The fourth-order valence-corrected chi connectivity index (χ4v) is 12.7. The van der Waals surface area contributed by atoms with E-state index in [9.17, 15) is 0 Å². The monoisotopic (exact) mass is 327 g/mol. The van der Waals surface area contributed by atoms with Gasteiger partial charge in [0, 0.05) is 0 Å². The molecule has 0 aromatic rings. The van der Waals surface area contributed by atoms with E-state index in [0.717, 1.165) is 30.6 Å². The van der Waals surface area contributed by atoms with Gasteiger partial charge in [-0.25, -0.2) is 0 Å². The average molecular weight is 326 g/mol. The SMILES string of the molecule is [CH3][Sn]([CH3])([CH3])[S]C(=S)N1CCOCC1. The summed E-state index contributed by atoms with van der Waals surface area (Å²) < 4.78 is 6.39. The van der Waals surface area contributed by atoms with Crippen LogP contribution >= 0.6 is 21.2 Å². The minimum atomic E-state index is -1.79. The fraction of sp³-hybridized carbons (Fsp3) is 0.875. The van der Waals surface area contributed by atoms with E-state index < -0.39 is 17.0 Å². The molecule has 0 N–H and O–H groups in total. The molecule has 1 rings (SSSR count). The Kier molecular flexibility index (Phi) is 4.81. The van der Waals surface area contributed by atoms with E-state index in [1.807, 2.05) is 8.95 Å². The quantitative estimate of drug-likeness (QED) is 0.541. The molecule has 0 aromatic carbocycles. The van der Waals surface area contributed by atoms with Gasteiger partial charge in [-0.1, -0.05) is 0 Å². The summed E-state index contributed by atoms with van der Waals surface area (Å²) in [7, 11) is 1.98. The third-order valence-electron chi connectivity index (χ3n) is 1.66. The van der Waals surface area contributed by atoms with Crippen molar-refractivity contribution in [2.24, 2.45) is 0 Å². The molecule has 0 unspecified atom stereocenters. The van der Waals surface area contributed by atoms with E-state index in [2.05, 4.69) is 19.7 Å². The summed E-state index contributed by atoms with van der Waals surface area (Å²) in [5.74, 6) is 0. The van der Waals surface area contributed by atoms with E-state index in [1.165, 1.54) is 0 Å². The number of ether oxygens (including phenoxy) is 1. The molecule has 0 amide bonds. The van der Waals surface area contributed by atoms with Crippen LogP contribution in [0.15, 0.2) is 0 Å². The topological polar surface area (TPSA) is 12.5 Å². The third-order valence-corrected chi connectivity index (χ3v) is 11.4. The summed E-state index contributed by atoms with van der Waals surface area (Å²) in [5, 5.41) is 0. The molecular weight excluding hydrogens is 309 g/mol. The Morgan fingerprint density at radius 3 is 2.31 bits per heavy atom. The van der Waals surface area contributed by atoms with Crippen molar-refractivity contribution >= 4 is 42.5 Å². The summed E-state index contributed by atoms with van der Waals surface area (Å²) in [5.41, 5.74) is 0. The Bertz CT molecular complexity index is 187. The first kappa shape index (κ1) is 12.1. The molecular formula is C8H17NOS2Sn. The molecule has 1 aliphatic heterocycles. The van der Waals surface area contributed by atoms with Crippen LogP contribution in [0.25, 0.3) is 0 Å². The molecule has 0 aliphatic carbocycles. The van der Waals surface area contributed by atoms with E-state index in [4.69, 9.17) is 17.0 Å². The van der Waals surface area contributed by atoms with Gasteiger partial charge in [-0.3, -0.25) is 0 Å². The average Bonchev–Trinajstić information content (AvgIpc) is 2.03. The maximum atomic E-state index is 5.41. The zero-order valence-corrected chi connectivity index (χ0v) is 13.0. The zero-order chi connectivity index (χ0) is 9.90. The summed E-state index contributed by atoms with van der Waals surface area (Å²) >= 11 is 3.62. The fourth-order valence-electron chi connectivity index (χ4n) is 1.07. The van der Waals surface area contributed by atoms with Crippen LogP contribution in [0.1, 0.15) is 0 Å². The molecule has 1 saturated heterocycles. The number of morpholine rings is 1. The Balaban J connectivity index is 2.38. The summed E-state index contributed by atoms with van der Waals surface area (Å²) in [6, 6.07) is 0. The normalized spacial score (nSPS) is 18.8. The number of thiocarbonyl (C=S) groups is 1. The van der Waals surface area contributed by atoms with Gasteiger partial charge in [0.1, 0.15) is 0 Å². The molecule has 0 spiro atoms. The Morgan fingerprint density at radius 2 is 1.85 bits per heavy atom. The van der Waals surface area contributed by atoms with Gasteiger partial charge in [-0.15, -0.1) is 0 Å². The van der Waals surface area contributed by atoms with E-state index >= 15 is 0 Å². The molecule has 0 saturated carbocycles. The standard InChI is InChI=1S/C5H9NOS2.3CH3.Sn/c8-5(9)6-1-3-7-4-2-6;;;;/h1-4H2,(H,8,9);3*1H3;/q;;;;+1/p-1. The van der Waals surface area contributed by atoms with Crippen molar-refractivity contribution < 1.29 is 4.74 Å². The van der Waals surface area contributed by atoms with Crippen LogP contribution in [0.5, 0.6) is 0 Å². The summed E-state index contributed by atoms with van der Waals surface area (Å²) in [6.45, 7) is 3.63. The van der Waals surface area contributed by atoms with E-state index in [1.54, 1.807) is 0 Å². The van der Waals surface area contributed by atoms with Crippen molar-refractivity contribution in [3.63, 3.8) is 0 Å². The van der Waals surface area contributed by atoms with Gasteiger partial charge in [0.15, 0.2) is 0 Å². The van der Waals surface area contributed by atoms with Crippen LogP contribution in [-0.4, -0.2) is 52.5 Å². The zero-order valence-electron chi connectivity index (χ0n) is 8.50. The third kappa shape index (κ3) is 4.85. The molecule has 1 fully saturated rings. The van der Waals surface area contributed by atoms with Crippen molar-refractivity contribution in [1.82, 2.24) is 4.90 Å². The molecule has 0 atom stereocenters. The van der Waals surface area contributed by atoms with E-state index in [-0.39, 0.29) is 0 Å². The summed E-state index contributed by atoms with van der Waals surface area (Å²) in [4.78, 5) is 9.47. The van der Waals surface area contributed by atoms with Crippen molar-refractivity contribution in [1.29, 1.82) is 0 Å². The molecule has 13 heavy (non-hydrogen) atoms. The van der Waals surface area contributed by atoms with Crippen molar-refractivity contribution in [3.8, 4) is 0 Å². The Hall–Kier alpha value is 0.999. The molecule has 1 heterocycles. The Morgan fingerprint density at radius 1 is 1.31 bits per heavy atom. The molecule has 0 aromatic heterocycles. The van der Waals surface area contributed by atoms with Crippen molar-refractivity contribution in [2.75, 3.05) is 26.3 Å². The van der Waals surface area contributed by atoms with Gasteiger partial charge >= 0.3 is 93.2 Å². The second-order valence-corrected chi connectivity index (χ2v) is 27.3. The van der Waals surface area contributed by atoms with Gasteiger partial charge in [-0.2, -0.15) is 0 Å². The molecule has 1 aliphatic rings. The molecule has 76 valence electrons. The van der Waals surface area contributed by atoms with E-state index in [0.29, 0.717) is 0 Å². The van der Waals surface area contributed by atoms with Crippen LogP contribution in [-0.2, 0) is 4.74 Å². The van der Waals surface area contributed by atoms with Crippen LogP contribution in [0, 0.1) is 0 Å². The molecule has 5 heteroatoms. The van der Waals surface area contributed by atoms with Crippen LogP contribution < -0.4 is 0 Å². The Labute approximate surface area is 92.7 Å². The number of rotatable bonds is 1.